The number of nitrogens with one attached hydrogen (secondary N) is 1. The molecule has 2 rings (SSSR count). The van der Waals surface area contributed by atoms with Crippen LogP contribution in [0.25, 0.3) is 0 Å². The minimum absolute atomic E-state index is 0.0519. The van der Waals surface area contributed by atoms with E-state index < -0.39 is 29.6 Å². The van der Waals surface area contributed by atoms with Gasteiger partial charge < -0.3 is 9.84 Å². The molecule has 0 spiro atoms. The van der Waals surface area contributed by atoms with Gasteiger partial charge in [0.05, 0.1) is 7.11 Å². The number of rotatable bonds is 2. The molecule has 100 valence electrons. The largest absolute Gasteiger partial charge is 0.508 e. The Balaban J connectivity index is 2.44. The first-order valence-electron chi connectivity index (χ1n) is 5.74. The molecular weight excluding hydrogens is 250 g/mol. The number of methoxy groups -OCH3 is 1. The number of imide groups is 1. The number of hydrogen-bond acceptors (Lipinski definition) is 5. The topological polar surface area (TPSA) is 92.7 Å². The lowest BCUT2D eigenvalue weighted by molar-refractivity contribution is -0.153. The van der Waals surface area contributed by atoms with Gasteiger partial charge in [0.15, 0.2) is 0 Å². The van der Waals surface area contributed by atoms with Crippen LogP contribution in [0.4, 0.5) is 0 Å². The molecule has 2 unspecified atom stereocenters. The highest BCUT2D eigenvalue weighted by molar-refractivity contribution is 6.08. The molecule has 19 heavy (non-hydrogen) atoms. The van der Waals surface area contributed by atoms with Crippen molar-refractivity contribution in [2.45, 2.75) is 12.3 Å². The molecule has 1 aromatic rings. The fourth-order valence-electron chi connectivity index (χ4n) is 2.26. The lowest BCUT2D eigenvalue weighted by Crippen LogP contribution is -2.48. The number of carbonyl (C=O) groups excluding carboxylic acids is 3. The number of aromatic hydroxyl groups is 1. The third-order valence-electron chi connectivity index (χ3n) is 3.14. The number of para-hydroxylation sites is 1. The quantitative estimate of drug-likeness (QED) is 0.455. The molecule has 6 heteroatoms. The molecule has 1 fully saturated rings. The average molecular weight is 263 g/mol. The van der Waals surface area contributed by atoms with Gasteiger partial charge in [0, 0.05) is 12.3 Å². The van der Waals surface area contributed by atoms with Crippen molar-refractivity contribution in [2.75, 3.05) is 7.11 Å². The maximum atomic E-state index is 11.8. The zero-order valence-corrected chi connectivity index (χ0v) is 10.3. The van der Waals surface area contributed by atoms with Crippen molar-refractivity contribution >= 4 is 17.8 Å². The smallest absolute Gasteiger partial charge is 0.318 e. The summed E-state index contributed by atoms with van der Waals surface area (Å²) in [5, 5.41) is 11.9. The van der Waals surface area contributed by atoms with Crippen molar-refractivity contribution in [3.05, 3.63) is 29.8 Å². The van der Waals surface area contributed by atoms with Gasteiger partial charge in [-0.2, -0.15) is 0 Å². The summed E-state index contributed by atoms with van der Waals surface area (Å²) < 4.78 is 4.59. The van der Waals surface area contributed by atoms with E-state index in [1.807, 2.05) is 0 Å². The summed E-state index contributed by atoms with van der Waals surface area (Å²) >= 11 is 0. The second-order valence-corrected chi connectivity index (χ2v) is 4.28. The number of phenolic OH excluding ortho intramolecular Hbond substituents is 1. The monoisotopic (exact) mass is 263 g/mol. The van der Waals surface area contributed by atoms with E-state index in [1.54, 1.807) is 18.2 Å². The van der Waals surface area contributed by atoms with Gasteiger partial charge in [-0.1, -0.05) is 18.2 Å². The van der Waals surface area contributed by atoms with E-state index in [0.717, 1.165) is 0 Å². The van der Waals surface area contributed by atoms with Crippen LogP contribution < -0.4 is 5.32 Å². The molecule has 0 bridgehead atoms. The highest BCUT2D eigenvalue weighted by Crippen LogP contribution is 2.36. The molecule has 6 nitrogen and oxygen atoms in total. The van der Waals surface area contributed by atoms with Crippen molar-refractivity contribution in [2.24, 2.45) is 5.92 Å². The molecular formula is C13H13NO5. The molecule has 2 atom stereocenters. The van der Waals surface area contributed by atoms with Crippen molar-refractivity contribution in [1.29, 1.82) is 0 Å². The van der Waals surface area contributed by atoms with Crippen LogP contribution in [0.5, 0.6) is 5.75 Å². The summed E-state index contributed by atoms with van der Waals surface area (Å²) in [6.07, 6.45) is -0.0525. The van der Waals surface area contributed by atoms with Crippen LogP contribution in [0.2, 0.25) is 0 Å². The van der Waals surface area contributed by atoms with E-state index in [2.05, 4.69) is 10.1 Å². The fourth-order valence-corrected chi connectivity index (χ4v) is 2.26. The van der Waals surface area contributed by atoms with Gasteiger partial charge in [0.25, 0.3) is 0 Å². The summed E-state index contributed by atoms with van der Waals surface area (Å²) in [4.78, 5) is 34.9. The summed E-state index contributed by atoms with van der Waals surface area (Å²) in [6, 6.07) is 6.32. The molecule has 1 aromatic carbocycles. The van der Waals surface area contributed by atoms with Crippen molar-refractivity contribution in [1.82, 2.24) is 5.32 Å². The van der Waals surface area contributed by atoms with Gasteiger partial charge >= 0.3 is 5.97 Å². The standard InChI is InChI=1S/C13H13NO5/c1-19-13(18)11-8(6-10(16)14-12(11)17)7-4-2-3-5-9(7)15/h2-5,8,11,15H,6H2,1H3,(H,14,16,17). The maximum absolute atomic E-state index is 11.8. The number of esters is 1. The van der Waals surface area contributed by atoms with Gasteiger partial charge in [0.2, 0.25) is 11.8 Å². The molecule has 1 aliphatic heterocycles. The first-order valence-corrected chi connectivity index (χ1v) is 5.74. The third kappa shape index (κ3) is 2.42. The van der Waals surface area contributed by atoms with E-state index in [9.17, 15) is 19.5 Å². The Labute approximate surface area is 109 Å². The van der Waals surface area contributed by atoms with Crippen LogP contribution in [0.15, 0.2) is 24.3 Å². The first kappa shape index (κ1) is 13.1. The lowest BCUT2D eigenvalue weighted by Gasteiger charge is -2.28. The lowest BCUT2D eigenvalue weighted by atomic mass is 9.80. The molecule has 1 heterocycles. The van der Waals surface area contributed by atoms with Crippen molar-refractivity contribution < 1.29 is 24.2 Å². The van der Waals surface area contributed by atoms with Gasteiger partial charge in [-0.15, -0.1) is 0 Å². The number of amides is 2. The zero-order chi connectivity index (χ0) is 14.0. The van der Waals surface area contributed by atoms with Crippen LogP contribution in [0, 0.1) is 5.92 Å². The predicted molar refractivity (Wildman–Crippen MR) is 64.1 cm³/mol. The Morgan fingerprint density at radius 3 is 2.68 bits per heavy atom. The average Bonchev–Trinajstić information content (AvgIpc) is 2.37. The maximum Gasteiger partial charge on any atom is 0.318 e. The van der Waals surface area contributed by atoms with Crippen LogP contribution in [-0.2, 0) is 19.1 Å². The highest BCUT2D eigenvalue weighted by atomic mass is 16.5. The summed E-state index contributed by atoms with van der Waals surface area (Å²) in [7, 11) is 1.17. The van der Waals surface area contributed by atoms with Crippen LogP contribution in [0.3, 0.4) is 0 Å². The van der Waals surface area contributed by atoms with Gasteiger partial charge in [-0.3, -0.25) is 19.7 Å². The molecule has 1 aliphatic rings. The Kier molecular flexibility index (Phi) is 3.50. The van der Waals surface area contributed by atoms with E-state index in [0.29, 0.717) is 5.56 Å². The van der Waals surface area contributed by atoms with Gasteiger partial charge in [-0.25, -0.2) is 0 Å². The molecule has 2 N–H and O–H groups in total. The van der Waals surface area contributed by atoms with E-state index >= 15 is 0 Å². The molecule has 0 aliphatic carbocycles. The highest BCUT2D eigenvalue weighted by Gasteiger charge is 2.43. The summed E-state index contributed by atoms with van der Waals surface area (Å²) in [5.41, 5.74) is 0.390. The number of carbonyl (C=O) groups is 3. The zero-order valence-electron chi connectivity index (χ0n) is 10.3. The molecule has 2 amide bonds. The Bertz CT molecular complexity index is 540. The van der Waals surface area contributed by atoms with E-state index in [4.69, 9.17) is 0 Å². The number of ether oxygens (including phenoxy) is 1. The number of benzene rings is 1. The van der Waals surface area contributed by atoms with Crippen molar-refractivity contribution in [3.63, 3.8) is 0 Å². The Morgan fingerprint density at radius 1 is 1.37 bits per heavy atom. The van der Waals surface area contributed by atoms with Crippen LogP contribution >= 0.6 is 0 Å². The third-order valence-corrected chi connectivity index (χ3v) is 3.14. The molecule has 0 radical (unpaired) electrons. The minimum Gasteiger partial charge on any atom is -0.508 e. The number of hydrogen-bond donors (Lipinski definition) is 2. The molecule has 0 aromatic heterocycles. The first-order chi connectivity index (χ1) is 9.04. The second-order valence-electron chi connectivity index (χ2n) is 4.28. The van der Waals surface area contributed by atoms with Crippen molar-refractivity contribution in [3.8, 4) is 5.75 Å². The molecule has 0 saturated carbocycles. The van der Waals surface area contributed by atoms with Gasteiger partial charge in [-0.05, 0) is 11.6 Å². The predicted octanol–water partition coefficient (Wildman–Crippen LogP) is 0.311. The van der Waals surface area contributed by atoms with Crippen LogP contribution in [-0.4, -0.2) is 30.0 Å². The Hall–Kier alpha value is -2.37. The Morgan fingerprint density at radius 2 is 2.05 bits per heavy atom. The van der Waals surface area contributed by atoms with Gasteiger partial charge in [0.1, 0.15) is 11.7 Å². The minimum atomic E-state index is -1.13. The summed E-state index contributed by atoms with van der Waals surface area (Å²) in [6.45, 7) is 0. The van der Waals surface area contributed by atoms with E-state index in [1.165, 1.54) is 13.2 Å². The number of piperidine rings is 1. The normalized spacial score (nSPS) is 22.8. The van der Waals surface area contributed by atoms with Crippen LogP contribution in [0.1, 0.15) is 17.9 Å². The number of phenols is 1. The fraction of sp³-hybridized carbons (Fsp3) is 0.308. The SMILES string of the molecule is COC(=O)C1C(=O)NC(=O)CC1c1ccccc1O. The summed E-state index contributed by atoms with van der Waals surface area (Å²) in [5.74, 6) is -3.79. The van der Waals surface area contributed by atoms with E-state index in [-0.39, 0.29) is 12.2 Å². The second kappa shape index (κ2) is 5.09. The molecule has 1 saturated heterocycles.